The second-order valence-electron chi connectivity index (χ2n) is 10.1. The third-order valence-electron chi connectivity index (χ3n) is 8.12. The number of amides is 1. The number of nitrogens with one attached hydrogen (secondary N) is 1. The highest BCUT2D eigenvalue weighted by Crippen LogP contribution is 2.61. The molecule has 3 N–H and O–H groups in total. The van der Waals surface area contributed by atoms with Gasteiger partial charge in [-0.1, -0.05) is 51.1 Å². The molecular formula is C27H31N3O2. The minimum absolute atomic E-state index is 0.363. The minimum Gasteiger partial charge on any atom is -0.438 e. The number of hydrogen-bond acceptors (Lipinski definition) is 4. The van der Waals surface area contributed by atoms with E-state index in [1.165, 1.54) is 30.0 Å². The van der Waals surface area contributed by atoms with Crippen molar-refractivity contribution in [2.45, 2.75) is 46.2 Å². The summed E-state index contributed by atoms with van der Waals surface area (Å²) in [6, 6.07) is 16.3. The molecule has 1 aromatic heterocycles. The molecule has 4 atom stereocenters. The van der Waals surface area contributed by atoms with Crippen LogP contribution in [-0.2, 0) is 6.54 Å². The van der Waals surface area contributed by atoms with Crippen molar-refractivity contribution in [2.24, 2.45) is 28.9 Å². The molecule has 0 radical (unpaired) electrons. The Hall–Kier alpha value is -2.92. The fourth-order valence-electron chi connectivity index (χ4n) is 5.94. The van der Waals surface area contributed by atoms with Crippen LogP contribution in [0.5, 0.6) is 11.6 Å². The molecule has 1 amide bonds. The van der Waals surface area contributed by atoms with Gasteiger partial charge in [0.05, 0.1) is 5.56 Å². The molecule has 166 valence electrons. The third-order valence-corrected chi connectivity index (χ3v) is 8.12. The smallest absolute Gasteiger partial charge is 0.250 e. The van der Waals surface area contributed by atoms with Gasteiger partial charge in [0.15, 0.2) is 0 Å². The van der Waals surface area contributed by atoms with Crippen molar-refractivity contribution in [2.75, 3.05) is 0 Å². The Kier molecular flexibility index (Phi) is 5.17. The molecular weight excluding hydrogens is 398 g/mol. The van der Waals surface area contributed by atoms with E-state index < -0.39 is 5.91 Å². The molecule has 2 bridgehead atoms. The molecule has 0 saturated heterocycles. The van der Waals surface area contributed by atoms with Crippen LogP contribution in [0.1, 0.15) is 49.5 Å². The maximum atomic E-state index is 11.3. The molecule has 5 heteroatoms. The Labute approximate surface area is 189 Å². The van der Waals surface area contributed by atoms with Crippen LogP contribution in [0.15, 0.2) is 54.7 Å². The third kappa shape index (κ3) is 3.55. The lowest BCUT2D eigenvalue weighted by atomic mass is 9.45. The van der Waals surface area contributed by atoms with E-state index in [-0.39, 0.29) is 0 Å². The zero-order valence-corrected chi connectivity index (χ0v) is 19.0. The number of fused-ring (bicyclic) bond motifs is 3. The predicted octanol–water partition coefficient (Wildman–Crippen LogP) is 5.29. The minimum atomic E-state index is -0.500. The Morgan fingerprint density at radius 3 is 2.56 bits per heavy atom. The summed E-state index contributed by atoms with van der Waals surface area (Å²) in [6.45, 7) is 8.16. The van der Waals surface area contributed by atoms with Crippen molar-refractivity contribution in [1.82, 2.24) is 10.3 Å². The quantitative estimate of drug-likeness (QED) is 0.558. The highest BCUT2D eigenvalue weighted by atomic mass is 16.5. The van der Waals surface area contributed by atoms with Crippen molar-refractivity contribution >= 4 is 16.7 Å². The molecule has 3 aliphatic carbocycles. The van der Waals surface area contributed by atoms with Crippen LogP contribution < -0.4 is 15.8 Å². The van der Waals surface area contributed by atoms with E-state index in [2.05, 4.69) is 55.3 Å². The van der Waals surface area contributed by atoms with Crippen molar-refractivity contribution < 1.29 is 9.53 Å². The summed E-state index contributed by atoms with van der Waals surface area (Å²) in [5.41, 5.74) is 7.44. The molecule has 3 aliphatic rings. The molecule has 1 heterocycles. The van der Waals surface area contributed by atoms with Gasteiger partial charge in [0.25, 0.3) is 0 Å². The van der Waals surface area contributed by atoms with Crippen LogP contribution >= 0.6 is 0 Å². The lowest BCUT2D eigenvalue weighted by Crippen LogP contribution is -2.59. The number of pyridine rings is 1. The Balaban J connectivity index is 1.34. The zero-order valence-electron chi connectivity index (χ0n) is 19.0. The van der Waals surface area contributed by atoms with Gasteiger partial charge >= 0.3 is 0 Å². The van der Waals surface area contributed by atoms with E-state index in [1.807, 2.05) is 12.1 Å². The summed E-state index contributed by atoms with van der Waals surface area (Å²) in [4.78, 5) is 15.5. The first-order valence-electron chi connectivity index (χ1n) is 11.5. The van der Waals surface area contributed by atoms with E-state index in [4.69, 9.17) is 10.5 Å². The first-order chi connectivity index (χ1) is 15.3. The van der Waals surface area contributed by atoms with Crippen LogP contribution in [0.2, 0.25) is 0 Å². The molecule has 3 aromatic rings. The molecule has 0 aliphatic heterocycles. The van der Waals surface area contributed by atoms with Crippen LogP contribution in [0, 0.1) is 23.2 Å². The molecule has 5 nitrogen and oxygen atoms in total. The predicted molar refractivity (Wildman–Crippen MR) is 127 cm³/mol. The summed E-state index contributed by atoms with van der Waals surface area (Å²) < 4.78 is 6.05. The summed E-state index contributed by atoms with van der Waals surface area (Å²) >= 11 is 0. The van der Waals surface area contributed by atoms with Gasteiger partial charge in [-0.15, -0.1) is 0 Å². The molecule has 32 heavy (non-hydrogen) atoms. The average Bonchev–Trinajstić information content (AvgIpc) is 2.79. The van der Waals surface area contributed by atoms with Gasteiger partial charge in [-0.05, 0) is 59.1 Å². The van der Waals surface area contributed by atoms with Crippen LogP contribution in [-0.4, -0.2) is 16.9 Å². The summed E-state index contributed by atoms with van der Waals surface area (Å²) in [5, 5.41) is 6.10. The number of carbonyl (C=O) groups is 1. The number of benzene rings is 2. The first-order valence-corrected chi connectivity index (χ1v) is 11.5. The zero-order chi connectivity index (χ0) is 22.5. The van der Waals surface area contributed by atoms with Crippen molar-refractivity contribution in [3.05, 3.63) is 65.9 Å². The fourth-order valence-corrected chi connectivity index (χ4v) is 5.94. The number of rotatable bonds is 6. The highest BCUT2D eigenvalue weighted by molar-refractivity contribution is 5.92. The Morgan fingerprint density at radius 2 is 1.91 bits per heavy atom. The SMILES string of the molecule is C[C@@H]1[C@@H](NCc2ccc(Oc3ccc(C(N)=O)cn3)c3ccccc23)C[C@H]2C[C@@H]1C2(C)C. The van der Waals surface area contributed by atoms with Gasteiger partial charge in [0.1, 0.15) is 5.75 Å². The second kappa shape index (κ2) is 7.89. The lowest BCUT2D eigenvalue weighted by Gasteiger charge is -2.62. The average molecular weight is 430 g/mol. The number of aromatic nitrogens is 1. The van der Waals surface area contributed by atoms with Crippen molar-refractivity contribution in [1.29, 1.82) is 0 Å². The number of nitrogens with zero attached hydrogens (tertiary/aromatic N) is 1. The molecule has 3 saturated carbocycles. The topological polar surface area (TPSA) is 77.2 Å². The number of carbonyl (C=O) groups excluding carboxylic acids is 1. The molecule has 2 aromatic carbocycles. The number of nitrogens with two attached hydrogens (primary N) is 1. The Bertz CT molecular complexity index is 1160. The largest absolute Gasteiger partial charge is 0.438 e. The van der Waals surface area contributed by atoms with Gasteiger partial charge in [-0.2, -0.15) is 0 Å². The van der Waals surface area contributed by atoms with Crippen molar-refractivity contribution in [3.63, 3.8) is 0 Å². The van der Waals surface area contributed by atoms with Crippen LogP contribution in [0.4, 0.5) is 0 Å². The fraction of sp³-hybridized carbons (Fsp3) is 0.407. The van der Waals surface area contributed by atoms with Gasteiger partial charge in [-0.3, -0.25) is 4.79 Å². The van der Waals surface area contributed by atoms with Crippen LogP contribution in [0.3, 0.4) is 0 Å². The number of ether oxygens (including phenoxy) is 1. The van der Waals surface area contributed by atoms with E-state index in [1.54, 1.807) is 12.1 Å². The second-order valence-corrected chi connectivity index (χ2v) is 10.1. The summed E-state index contributed by atoms with van der Waals surface area (Å²) in [5.74, 6) is 3.07. The Morgan fingerprint density at radius 1 is 1.12 bits per heavy atom. The number of primary amides is 1. The maximum absolute atomic E-state index is 11.3. The monoisotopic (exact) mass is 429 g/mol. The highest BCUT2D eigenvalue weighted by Gasteiger charge is 2.55. The van der Waals surface area contributed by atoms with E-state index >= 15 is 0 Å². The molecule has 3 fully saturated rings. The van der Waals surface area contributed by atoms with Gasteiger partial charge in [-0.25, -0.2) is 4.98 Å². The number of hydrogen-bond donors (Lipinski definition) is 2. The lowest BCUT2D eigenvalue weighted by molar-refractivity contribution is -0.115. The summed E-state index contributed by atoms with van der Waals surface area (Å²) in [6.07, 6.45) is 4.11. The standard InChI is InChI=1S/C27H31N3O2/c1-16-22-12-19(27(22,2)3)13-23(16)29-14-17-8-10-24(21-7-5-4-6-20(17)21)32-25-11-9-18(15-30-25)26(28)31/h4-11,15-16,19,22-23,29H,12-14H2,1-3H3,(H2,28,31)/t16-,19+,22-,23-/m0/s1. The first kappa shape index (κ1) is 21.0. The molecule has 6 rings (SSSR count). The van der Waals surface area contributed by atoms with Gasteiger partial charge in [0, 0.05) is 30.2 Å². The summed E-state index contributed by atoms with van der Waals surface area (Å²) in [7, 11) is 0. The van der Waals surface area contributed by atoms with Crippen molar-refractivity contribution in [3.8, 4) is 11.6 Å². The van der Waals surface area contributed by atoms with E-state index in [9.17, 15) is 4.79 Å². The van der Waals surface area contributed by atoms with Gasteiger partial charge in [0.2, 0.25) is 11.8 Å². The van der Waals surface area contributed by atoms with E-state index in [0.29, 0.717) is 28.8 Å². The molecule has 0 spiro atoms. The van der Waals surface area contributed by atoms with Crippen LogP contribution in [0.25, 0.3) is 10.8 Å². The maximum Gasteiger partial charge on any atom is 0.250 e. The van der Waals surface area contributed by atoms with E-state index in [0.717, 1.165) is 29.5 Å². The normalized spacial score (nSPS) is 25.8. The molecule has 0 unspecified atom stereocenters. The van der Waals surface area contributed by atoms with Gasteiger partial charge < -0.3 is 15.8 Å².